The highest BCUT2D eigenvalue weighted by molar-refractivity contribution is 7.11. The molecule has 1 aliphatic carbocycles. The molecule has 0 saturated heterocycles. The first-order valence-electron chi connectivity index (χ1n) is 6.62. The van der Waals surface area contributed by atoms with Gasteiger partial charge in [0, 0.05) is 23.3 Å². The molecule has 0 aliphatic heterocycles. The predicted octanol–water partition coefficient (Wildman–Crippen LogP) is 2.43. The molecule has 0 bridgehead atoms. The summed E-state index contributed by atoms with van der Waals surface area (Å²) in [5, 5.41) is 11.7. The number of nitrogens with zero attached hydrogens (tertiary/aromatic N) is 1. The van der Waals surface area contributed by atoms with Gasteiger partial charge in [0.1, 0.15) is 0 Å². The van der Waals surface area contributed by atoms with Gasteiger partial charge in [-0.3, -0.25) is 0 Å². The van der Waals surface area contributed by atoms with Crippen LogP contribution in [0.3, 0.4) is 0 Å². The zero-order valence-corrected chi connectivity index (χ0v) is 12.6. The third-order valence-corrected chi connectivity index (χ3v) is 5.64. The van der Waals surface area contributed by atoms with E-state index in [-0.39, 0.29) is 16.9 Å². The summed E-state index contributed by atoms with van der Waals surface area (Å²) in [5.74, 6) is 0. The Hall–Kier alpha value is -0.450. The minimum Gasteiger partial charge on any atom is -0.392 e. The van der Waals surface area contributed by atoms with Crippen LogP contribution >= 0.6 is 11.3 Å². The molecular weight excluding hydrogens is 244 g/mol. The van der Waals surface area contributed by atoms with Crippen molar-refractivity contribution in [3.05, 3.63) is 15.6 Å². The molecule has 0 amide bonds. The van der Waals surface area contributed by atoms with Crippen LogP contribution in [-0.4, -0.2) is 22.7 Å². The van der Waals surface area contributed by atoms with E-state index in [4.69, 9.17) is 5.73 Å². The van der Waals surface area contributed by atoms with Gasteiger partial charge in [-0.25, -0.2) is 4.98 Å². The zero-order chi connectivity index (χ0) is 13.6. The second-order valence-electron chi connectivity index (χ2n) is 6.38. The third kappa shape index (κ3) is 2.22. The molecule has 0 radical (unpaired) electrons. The van der Waals surface area contributed by atoms with Crippen LogP contribution in [0.1, 0.15) is 42.3 Å². The van der Waals surface area contributed by atoms with E-state index < -0.39 is 0 Å². The number of nitrogens with two attached hydrogens (primary N) is 1. The van der Waals surface area contributed by atoms with Gasteiger partial charge in [0.15, 0.2) is 0 Å². The van der Waals surface area contributed by atoms with Crippen molar-refractivity contribution in [3.8, 4) is 0 Å². The first-order valence-corrected chi connectivity index (χ1v) is 7.43. The van der Waals surface area contributed by atoms with Crippen LogP contribution in [0.2, 0.25) is 0 Å². The molecule has 3 nitrogen and oxygen atoms in total. The molecule has 1 aliphatic rings. The van der Waals surface area contributed by atoms with Gasteiger partial charge >= 0.3 is 0 Å². The predicted molar refractivity (Wildman–Crippen MR) is 75.8 cm³/mol. The second-order valence-corrected chi connectivity index (χ2v) is 7.67. The van der Waals surface area contributed by atoms with Crippen LogP contribution in [0.4, 0.5) is 0 Å². The lowest BCUT2D eigenvalue weighted by atomic mass is 9.76. The fourth-order valence-corrected chi connectivity index (χ4v) is 4.15. The first kappa shape index (κ1) is 14.0. The van der Waals surface area contributed by atoms with Crippen LogP contribution in [0.25, 0.3) is 0 Å². The molecule has 1 heterocycles. The maximum Gasteiger partial charge on any atom is 0.0937 e. The van der Waals surface area contributed by atoms with E-state index >= 15 is 0 Å². The van der Waals surface area contributed by atoms with Crippen LogP contribution < -0.4 is 5.73 Å². The lowest BCUT2D eigenvalue weighted by Crippen LogP contribution is -2.44. The summed E-state index contributed by atoms with van der Waals surface area (Å²) in [6.45, 7) is 8.94. The summed E-state index contributed by atoms with van der Waals surface area (Å²) >= 11 is 1.74. The molecular formula is C14H24N2OS. The number of rotatable bonds is 3. The Balaban J connectivity index is 2.24. The van der Waals surface area contributed by atoms with Gasteiger partial charge in [-0.15, -0.1) is 11.3 Å². The molecule has 1 aromatic heterocycles. The minimum absolute atomic E-state index is 0.0271. The Labute approximate surface area is 113 Å². The van der Waals surface area contributed by atoms with E-state index in [2.05, 4.69) is 25.8 Å². The number of aliphatic hydroxyl groups is 1. The van der Waals surface area contributed by atoms with E-state index in [1.165, 1.54) is 4.88 Å². The number of hydrogen-bond acceptors (Lipinski definition) is 4. The Bertz CT molecular complexity index is 422. The van der Waals surface area contributed by atoms with Crippen molar-refractivity contribution in [1.82, 2.24) is 4.98 Å². The molecule has 1 fully saturated rings. The van der Waals surface area contributed by atoms with Crippen molar-refractivity contribution in [2.45, 2.75) is 53.1 Å². The highest BCUT2D eigenvalue weighted by Crippen LogP contribution is 2.50. The van der Waals surface area contributed by atoms with Crippen LogP contribution in [0.5, 0.6) is 0 Å². The van der Waals surface area contributed by atoms with E-state index in [0.29, 0.717) is 6.54 Å². The molecule has 1 aromatic rings. The lowest BCUT2D eigenvalue weighted by Gasteiger charge is -2.35. The van der Waals surface area contributed by atoms with Gasteiger partial charge < -0.3 is 10.8 Å². The first-order chi connectivity index (χ1) is 8.31. The summed E-state index contributed by atoms with van der Waals surface area (Å²) in [5.41, 5.74) is 6.89. The Morgan fingerprint density at radius 1 is 1.39 bits per heavy atom. The molecule has 2 unspecified atom stereocenters. The molecule has 2 rings (SSSR count). The molecule has 0 aromatic carbocycles. The van der Waals surface area contributed by atoms with Crippen molar-refractivity contribution in [2.24, 2.45) is 16.6 Å². The van der Waals surface area contributed by atoms with Crippen molar-refractivity contribution >= 4 is 11.3 Å². The van der Waals surface area contributed by atoms with Gasteiger partial charge in [-0.05, 0) is 32.1 Å². The summed E-state index contributed by atoms with van der Waals surface area (Å²) in [7, 11) is 0. The average molecular weight is 268 g/mol. The molecule has 3 N–H and O–H groups in total. The van der Waals surface area contributed by atoms with E-state index in [0.717, 1.165) is 30.0 Å². The molecule has 4 heteroatoms. The van der Waals surface area contributed by atoms with Crippen molar-refractivity contribution in [1.29, 1.82) is 0 Å². The van der Waals surface area contributed by atoms with Gasteiger partial charge in [0.2, 0.25) is 0 Å². The Morgan fingerprint density at radius 2 is 2.06 bits per heavy atom. The van der Waals surface area contributed by atoms with E-state index in [1.54, 1.807) is 11.3 Å². The van der Waals surface area contributed by atoms with Crippen LogP contribution in [0.15, 0.2) is 0 Å². The molecule has 18 heavy (non-hydrogen) atoms. The average Bonchev–Trinajstić information content (AvgIpc) is 2.73. The maximum absolute atomic E-state index is 10.6. The fourth-order valence-electron chi connectivity index (χ4n) is 3.06. The number of hydrogen-bond donors (Lipinski definition) is 2. The monoisotopic (exact) mass is 268 g/mol. The smallest absolute Gasteiger partial charge is 0.0937 e. The van der Waals surface area contributed by atoms with Crippen molar-refractivity contribution < 1.29 is 5.11 Å². The number of aryl methyl sites for hydroxylation is 2. The number of aromatic nitrogens is 1. The minimum atomic E-state index is -0.334. The number of thiazole rings is 1. The largest absolute Gasteiger partial charge is 0.392 e. The van der Waals surface area contributed by atoms with Gasteiger partial charge in [-0.2, -0.15) is 0 Å². The lowest BCUT2D eigenvalue weighted by molar-refractivity contribution is -0.00466. The Kier molecular flexibility index (Phi) is 3.56. The normalized spacial score (nSPS) is 30.9. The summed E-state index contributed by atoms with van der Waals surface area (Å²) < 4.78 is 0. The van der Waals surface area contributed by atoms with Crippen LogP contribution in [0, 0.1) is 24.7 Å². The summed E-state index contributed by atoms with van der Waals surface area (Å²) in [6.07, 6.45) is 2.51. The fraction of sp³-hybridized carbons (Fsp3) is 0.786. The second kappa shape index (κ2) is 4.58. The van der Waals surface area contributed by atoms with Gasteiger partial charge in [0.25, 0.3) is 0 Å². The molecule has 2 atom stereocenters. The third-order valence-electron chi connectivity index (χ3n) is 4.57. The summed E-state index contributed by atoms with van der Waals surface area (Å²) in [4.78, 5) is 5.87. The summed E-state index contributed by atoms with van der Waals surface area (Å²) in [6, 6.07) is 0. The SMILES string of the molecule is Cc1nc(CC2(CN)CCC(C)(C)C2O)sc1C. The molecule has 1 saturated carbocycles. The van der Waals surface area contributed by atoms with Gasteiger partial charge in [0.05, 0.1) is 16.8 Å². The highest BCUT2D eigenvalue weighted by Gasteiger charge is 2.51. The topological polar surface area (TPSA) is 59.1 Å². The van der Waals surface area contributed by atoms with E-state index in [1.807, 2.05) is 6.92 Å². The quantitative estimate of drug-likeness (QED) is 0.885. The molecule has 0 spiro atoms. The standard InChI is InChI=1S/C14H24N2OS/c1-9-10(2)18-11(16-9)7-14(8-15)6-5-13(3,4)12(14)17/h12,17H,5-8,15H2,1-4H3. The van der Waals surface area contributed by atoms with E-state index in [9.17, 15) is 5.11 Å². The van der Waals surface area contributed by atoms with Crippen molar-refractivity contribution in [2.75, 3.05) is 6.54 Å². The van der Waals surface area contributed by atoms with Gasteiger partial charge in [-0.1, -0.05) is 13.8 Å². The number of aliphatic hydroxyl groups excluding tert-OH is 1. The zero-order valence-electron chi connectivity index (χ0n) is 11.8. The maximum atomic E-state index is 10.6. The Morgan fingerprint density at radius 3 is 2.44 bits per heavy atom. The molecule has 102 valence electrons. The van der Waals surface area contributed by atoms with Crippen molar-refractivity contribution in [3.63, 3.8) is 0 Å². The highest BCUT2D eigenvalue weighted by atomic mass is 32.1. The van der Waals surface area contributed by atoms with Crippen LogP contribution in [-0.2, 0) is 6.42 Å².